The minimum Gasteiger partial charge on any atom is -0.480 e. The third-order valence-corrected chi connectivity index (χ3v) is 2.84. The first-order valence-corrected chi connectivity index (χ1v) is 5.18. The highest BCUT2D eigenvalue weighted by atomic mass is 16.4. The summed E-state index contributed by atoms with van der Waals surface area (Å²) in [7, 11) is 0. The summed E-state index contributed by atoms with van der Waals surface area (Å²) < 4.78 is 0. The number of para-hydroxylation sites is 1. The molecule has 0 spiro atoms. The highest BCUT2D eigenvalue weighted by molar-refractivity contribution is 5.82. The molecule has 1 aliphatic rings. The van der Waals surface area contributed by atoms with Crippen molar-refractivity contribution in [3.8, 4) is 6.07 Å². The largest absolute Gasteiger partial charge is 0.480 e. The molecule has 0 saturated heterocycles. The van der Waals surface area contributed by atoms with Crippen LogP contribution in [0.25, 0.3) is 0 Å². The standard InChI is InChI=1S/C12H12N2O2/c13-6-3-7-14-10-5-2-1-4-9(10)8-11(14)12(15)16/h1-2,4-5,11H,3,7-8H2,(H,15,16). The lowest BCUT2D eigenvalue weighted by molar-refractivity contribution is -0.138. The molecule has 4 nitrogen and oxygen atoms in total. The molecule has 1 unspecified atom stereocenters. The van der Waals surface area contributed by atoms with Crippen molar-refractivity contribution in [3.63, 3.8) is 0 Å². The van der Waals surface area contributed by atoms with Gasteiger partial charge in [0.1, 0.15) is 6.04 Å². The number of aliphatic carboxylic acids is 1. The number of nitrogens with zero attached hydrogens (tertiary/aromatic N) is 2. The van der Waals surface area contributed by atoms with Crippen LogP contribution in [0.15, 0.2) is 24.3 Å². The lowest BCUT2D eigenvalue weighted by Crippen LogP contribution is -2.39. The molecule has 1 heterocycles. The Morgan fingerprint density at radius 2 is 2.31 bits per heavy atom. The summed E-state index contributed by atoms with van der Waals surface area (Å²) in [5, 5.41) is 17.7. The molecule has 0 saturated carbocycles. The number of carboxylic acid groups (broad SMARTS) is 1. The van der Waals surface area contributed by atoms with E-state index in [9.17, 15) is 4.79 Å². The molecule has 1 aromatic rings. The zero-order valence-corrected chi connectivity index (χ0v) is 8.76. The SMILES string of the molecule is N#CCCN1c2ccccc2CC1C(=O)O. The van der Waals surface area contributed by atoms with E-state index in [1.807, 2.05) is 24.3 Å². The molecular weight excluding hydrogens is 204 g/mol. The van der Waals surface area contributed by atoms with E-state index in [-0.39, 0.29) is 0 Å². The third-order valence-electron chi connectivity index (χ3n) is 2.84. The van der Waals surface area contributed by atoms with E-state index < -0.39 is 12.0 Å². The number of fused-ring (bicyclic) bond motifs is 1. The molecule has 0 aliphatic carbocycles. The van der Waals surface area contributed by atoms with Crippen molar-refractivity contribution in [2.75, 3.05) is 11.4 Å². The number of nitriles is 1. The Bertz CT molecular complexity index is 451. The highest BCUT2D eigenvalue weighted by Gasteiger charge is 2.33. The van der Waals surface area contributed by atoms with Gasteiger partial charge < -0.3 is 10.0 Å². The maximum Gasteiger partial charge on any atom is 0.326 e. The Morgan fingerprint density at radius 3 is 3.00 bits per heavy atom. The van der Waals surface area contributed by atoms with Crippen molar-refractivity contribution in [3.05, 3.63) is 29.8 Å². The molecule has 1 N–H and O–H groups in total. The van der Waals surface area contributed by atoms with Crippen LogP contribution in [0.3, 0.4) is 0 Å². The van der Waals surface area contributed by atoms with Gasteiger partial charge in [-0.15, -0.1) is 0 Å². The van der Waals surface area contributed by atoms with Gasteiger partial charge in [-0.05, 0) is 11.6 Å². The van der Waals surface area contributed by atoms with E-state index in [1.54, 1.807) is 4.90 Å². The third kappa shape index (κ3) is 1.72. The molecule has 1 aliphatic heterocycles. The van der Waals surface area contributed by atoms with Crippen molar-refractivity contribution in [2.45, 2.75) is 18.9 Å². The van der Waals surface area contributed by atoms with Crippen LogP contribution >= 0.6 is 0 Å². The smallest absolute Gasteiger partial charge is 0.326 e. The van der Waals surface area contributed by atoms with Crippen LogP contribution < -0.4 is 4.90 Å². The number of benzene rings is 1. The van der Waals surface area contributed by atoms with Gasteiger partial charge in [-0.2, -0.15) is 5.26 Å². The van der Waals surface area contributed by atoms with Gasteiger partial charge in [-0.25, -0.2) is 4.79 Å². The van der Waals surface area contributed by atoms with Gasteiger partial charge in [0.2, 0.25) is 0 Å². The maximum atomic E-state index is 11.1. The minimum atomic E-state index is -0.825. The molecule has 2 rings (SSSR count). The van der Waals surface area contributed by atoms with E-state index in [1.165, 1.54) is 0 Å². The normalized spacial score (nSPS) is 17.9. The van der Waals surface area contributed by atoms with Gasteiger partial charge in [0.15, 0.2) is 0 Å². The predicted molar refractivity (Wildman–Crippen MR) is 59.1 cm³/mol. The Kier molecular flexibility index (Phi) is 2.78. The number of hydrogen-bond donors (Lipinski definition) is 1. The van der Waals surface area contributed by atoms with E-state index in [4.69, 9.17) is 10.4 Å². The van der Waals surface area contributed by atoms with Crippen LogP contribution in [0.1, 0.15) is 12.0 Å². The first-order chi connectivity index (χ1) is 7.74. The van der Waals surface area contributed by atoms with Crippen molar-refractivity contribution in [1.82, 2.24) is 0 Å². The Hall–Kier alpha value is -2.02. The van der Waals surface area contributed by atoms with Gasteiger partial charge in [-0.3, -0.25) is 0 Å². The molecule has 4 heteroatoms. The summed E-state index contributed by atoms with van der Waals surface area (Å²) in [6, 6.07) is 9.18. The number of anilines is 1. The van der Waals surface area contributed by atoms with Crippen molar-refractivity contribution < 1.29 is 9.90 Å². The Balaban J connectivity index is 2.29. The zero-order chi connectivity index (χ0) is 11.5. The number of hydrogen-bond acceptors (Lipinski definition) is 3. The topological polar surface area (TPSA) is 64.3 Å². The van der Waals surface area contributed by atoms with Gasteiger partial charge in [-0.1, -0.05) is 18.2 Å². The van der Waals surface area contributed by atoms with E-state index >= 15 is 0 Å². The average molecular weight is 216 g/mol. The second kappa shape index (κ2) is 4.23. The molecule has 0 amide bonds. The Labute approximate surface area is 93.7 Å². The van der Waals surface area contributed by atoms with Crippen LogP contribution in [0, 0.1) is 11.3 Å². The molecule has 1 atom stereocenters. The first kappa shape index (κ1) is 10.5. The van der Waals surface area contributed by atoms with Gasteiger partial charge in [0.25, 0.3) is 0 Å². The maximum absolute atomic E-state index is 11.1. The number of carboxylic acids is 1. The summed E-state index contributed by atoms with van der Waals surface area (Å²) in [6.07, 6.45) is 0.870. The van der Waals surface area contributed by atoms with E-state index in [0.717, 1.165) is 11.3 Å². The predicted octanol–water partition coefficient (Wildman–Crippen LogP) is 1.42. The summed E-state index contributed by atoms with van der Waals surface area (Å²) >= 11 is 0. The Morgan fingerprint density at radius 1 is 1.56 bits per heavy atom. The molecule has 0 aromatic heterocycles. The van der Waals surface area contributed by atoms with Gasteiger partial charge >= 0.3 is 5.97 Å². The van der Waals surface area contributed by atoms with Crippen molar-refractivity contribution >= 4 is 11.7 Å². The fourth-order valence-corrected chi connectivity index (χ4v) is 2.12. The average Bonchev–Trinajstić information content (AvgIpc) is 2.65. The van der Waals surface area contributed by atoms with Crippen molar-refractivity contribution in [2.24, 2.45) is 0 Å². The van der Waals surface area contributed by atoms with Crippen LogP contribution in [0.4, 0.5) is 5.69 Å². The van der Waals surface area contributed by atoms with Crippen molar-refractivity contribution in [1.29, 1.82) is 5.26 Å². The molecule has 16 heavy (non-hydrogen) atoms. The van der Waals surface area contributed by atoms with Crippen LogP contribution in [-0.4, -0.2) is 23.7 Å². The summed E-state index contributed by atoms with van der Waals surface area (Å²) in [6.45, 7) is 0.477. The van der Waals surface area contributed by atoms with Crippen LogP contribution in [-0.2, 0) is 11.2 Å². The van der Waals surface area contributed by atoms with Gasteiger partial charge in [0, 0.05) is 18.7 Å². The second-order valence-electron chi connectivity index (χ2n) is 3.79. The summed E-state index contributed by atoms with van der Waals surface area (Å²) in [4.78, 5) is 12.9. The molecule has 0 fully saturated rings. The van der Waals surface area contributed by atoms with Crippen LogP contribution in [0.5, 0.6) is 0 Å². The monoisotopic (exact) mass is 216 g/mol. The zero-order valence-electron chi connectivity index (χ0n) is 8.76. The quantitative estimate of drug-likeness (QED) is 0.829. The summed E-state index contributed by atoms with van der Waals surface area (Å²) in [5.41, 5.74) is 2.00. The lowest BCUT2D eigenvalue weighted by atomic mass is 10.1. The van der Waals surface area contributed by atoms with E-state index in [2.05, 4.69) is 6.07 Å². The minimum absolute atomic E-state index is 0.345. The van der Waals surface area contributed by atoms with E-state index in [0.29, 0.717) is 19.4 Å². The molecular formula is C12H12N2O2. The second-order valence-corrected chi connectivity index (χ2v) is 3.79. The molecule has 1 aromatic carbocycles. The number of rotatable bonds is 3. The highest BCUT2D eigenvalue weighted by Crippen LogP contribution is 2.31. The lowest BCUT2D eigenvalue weighted by Gasteiger charge is -2.23. The fraction of sp³-hybridized carbons (Fsp3) is 0.333. The molecule has 0 bridgehead atoms. The van der Waals surface area contributed by atoms with Crippen LogP contribution in [0.2, 0.25) is 0 Å². The molecule has 82 valence electrons. The summed E-state index contributed by atoms with van der Waals surface area (Å²) in [5.74, 6) is -0.825. The molecule has 0 radical (unpaired) electrons. The first-order valence-electron chi connectivity index (χ1n) is 5.18. The fourth-order valence-electron chi connectivity index (χ4n) is 2.12. The van der Waals surface area contributed by atoms with Gasteiger partial charge in [0.05, 0.1) is 12.5 Å². The number of carbonyl (C=O) groups is 1.